The van der Waals surface area contributed by atoms with Gasteiger partial charge in [0.2, 0.25) is 5.13 Å². The number of carbonyl (C=O) groups excluding carboxylic acids is 1. The van der Waals surface area contributed by atoms with Crippen LogP contribution in [-0.4, -0.2) is 17.2 Å². The monoisotopic (exact) mass is 290 g/mol. The number of nitrogen functional groups attached to an aromatic ring is 1. The zero-order valence-electron chi connectivity index (χ0n) is 10.9. The summed E-state index contributed by atoms with van der Waals surface area (Å²) in [5.74, 6) is 0.735. The first-order chi connectivity index (χ1) is 9.67. The first-order valence-electron chi connectivity index (χ1n) is 5.98. The Morgan fingerprint density at radius 1 is 1.50 bits per heavy atom. The van der Waals surface area contributed by atoms with E-state index >= 15 is 0 Å². The fourth-order valence-electron chi connectivity index (χ4n) is 1.33. The maximum atomic E-state index is 11.1. The molecule has 0 aliphatic heterocycles. The predicted molar refractivity (Wildman–Crippen MR) is 80.1 cm³/mol. The highest BCUT2D eigenvalue weighted by Crippen LogP contribution is 2.16. The van der Waals surface area contributed by atoms with Gasteiger partial charge in [0.15, 0.2) is 0 Å². The molecule has 1 aromatic carbocycles. The first-order valence-corrected chi connectivity index (χ1v) is 6.86. The van der Waals surface area contributed by atoms with Gasteiger partial charge < -0.3 is 10.5 Å². The summed E-state index contributed by atoms with van der Waals surface area (Å²) in [6, 6.07) is 7.05. The largest absolute Gasteiger partial charge is 0.427 e. The Kier molecular flexibility index (Phi) is 4.67. The van der Waals surface area contributed by atoms with Crippen LogP contribution in [0.25, 0.3) is 0 Å². The number of rotatable bonds is 5. The predicted octanol–water partition coefficient (Wildman–Crippen LogP) is 2.49. The highest BCUT2D eigenvalue weighted by Gasteiger charge is 2.00. The summed E-state index contributed by atoms with van der Waals surface area (Å²) in [5, 5.41) is 6.40. The minimum atomic E-state index is -0.255. The number of carbonyl (C=O) groups is 1. The fraction of sp³-hybridized carbons (Fsp3) is 0.154. The van der Waals surface area contributed by atoms with Gasteiger partial charge >= 0.3 is 5.97 Å². The van der Waals surface area contributed by atoms with Crippen LogP contribution in [-0.2, 0) is 4.79 Å². The Labute approximate surface area is 120 Å². The number of thiazole rings is 1. The van der Waals surface area contributed by atoms with Gasteiger partial charge in [-0.05, 0) is 29.8 Å². The molecule has 0 bridgehead atoms. The van der Waals surface area contributed by atoms with E-state index in [2.05, 4.69) is 15.5 Å². The van der Waals surface area contributed by atoms with Crippen molar-refractivity contribution in [1.29, 1.82) is 0 Å². The molecule has 0 unspecified atom stereocenters. The van der Waals surface area contributed by atoms with Gasteiger partial charge in [-0.1, -0.05) is 6.92 Å². The van der Waals surface area contributed by atoms with Gasteiger partial charge in [0, 0.05) is 11.8 Å². The standard InChI is InChI=1S/C13H14N4O2S/c1-2-12(18)19-10-5-3-9(4-6-10)7-15-17-13-16-11(14)8-20-13/h3-8H,2,14H2,1H3,(H,16,17). The molecule has 3 N–H and O–H groups in total. The molecule has 20 heavy (non-hydrogen) atoms. The van der Waals surface area contributed by atoms with Crippen molar-refractivity contribution in [2.24, 2.45) is 5.10 Å². The van der Waals surface area contributed by atoms with Crippen LogP contribution in [0.4, 0.5) is 10.9 Å². The molecule has 1 heterocycles. The summed E-state index contributed by atoms with van der Waals surface area (Å²) in [5.41, 5.74) is 9.15. The Hall–Kier alpha value is -2.41. The number of hydrogen-bond acceptors (Lipinski definition) is 7. The van der Waals surface area contributed by atoms with Crippen molar-refractivity contribution in [2.45, 2.75) is 13.3 Å². The minimum Gasteiger partial charge on any atom is -0.427 e. The second-order valence-corrected chi connectivity index (χ2v) is 4.70. The second-order valence-electron chi connectivity index (χ2n) is 3.84. The number of hydrogen-bond donors (Lipinski definition) is 2. The van der Waals surface area contributed by atoms with Crippen molar-refractivity contribution in [1.82, 2.24) is 4.98 Å². The number of nitrogens with one attached hydrogen (secondary N) is 1. The van der Waals surface area contributed by atoms with E-state index in [-0.39, 0.29) is 5.97 Å². The smallest absolute Gasteiger partial charge is 0.310 e. The van der Waals surface area contributed by atoms with Crippen molar-refractivity contribution in [3.8, 4) is 5.75 Å². The SMILES string of the molecule is CCC(=O)Oc1ccc(C=NNc2nc(N)cs2)cc1. The summed E-state index contributed by atoms with van der Waals surface area (Å²) < 4.78 is 5.07. The lowest BCUT2D eigenvalue weighted by Gasteiger charge is -2.02. The zero-order valence-corrected chi connectivity index (χ0v) is 11.7. The van der Waals surface area contributed by atoms with Crippen LogP contribution in [0.1, 0.15) is 18.9 Å². The number of benzene rings is 1. The lowest BCUT2D eigenvalue weighted by atomic mass is 10.2. The van der Waals surface area contributed by atoms with Crippen LogP contribution in [0.3, 0.4) is 0 Å². The molecule has 0 saturated heterocycles. The van der Waals surface area contributed by atoms with Crippen molar-refractivity contribution < 1.29 is 9.53 Å². The van der Waals surface area contributed by atoms with E-state index in [1.54, 1.807) is 42.8 Å². The number of hydrazone groups is 1. The molecule has 0 amide bonds. The number of nitrogens with zero attached hydrogens (tertiary/aromatic N) is 2. The van der Waals surface area contributed by atoms with Crippen molar-refractivity contribution in [3.05, 3.63) is 35.2 Å². The fourth-order valence-corrected chi connectivity index (χ4v) is 1.87. The van der Waals surface area contributed by atoms with E-state index in [0.29, 0.717) is 23.1 Å². The van der Waals surface area contributed by atoms with Gasteiger partial charge in [-0.15, -0.1) is 11.3 Å². The minimum absolute atomic E-state index is 0.255. The molecule has 0 fully saturated rings. The summed E-state index contributed by atoms with van der Waals surface area (Å²) in [6.45, 7) is 1.75. The number of ether oxygens (including phenoxy) is 1. The van der Waals surface area contributed by atoms with E-state index in [1.165, 1.54) is 11.3 Å². The highest BCUT2D eigenvalue weighted by atomic mass is 32.1. The molecule has 2 aromatic rings. The highest BCUT2D eigenvalue weighted by molar-refractivity contribution is 7.14. The topological polar surface area (TPSA) is 89.6 Å². The van der Waals surface area contributed by atoms with Crippen LogP contribution < -0.4 is 15.9 Å². The zero-order chi connectivity index (χ0) is 14.4. The van der Waals surface area contributed by atoms with E-state index in [9.17, 15) is 4.79 Å². The van der Waals surface area contributed by atoms with Crippen LogP contribution in [0.15, 0.2) is 34.7 Å². The third-order valence-electron chi connectivity index (χ3n) is 2.30. The Balaban J connectivity index is 1.91. The maximum Gasteiger partial charge on any atom is 0.310 e. The number of aromatic nitrogens is 1. The van der Waals surface area contributed by atoms with Crippen molar-refractivity contribution in [3.63, 3.8) is 0 Å². The van der Waals surface area contributed by atoms with E-state index in [0.717, 1.165) is 5.56 Å². The summed E-state index contributed by atoms with van der Waals surface area (Å²) in [6.07, 6.45) is 1.99. The van der Waals surface area contributed by atoms with Crippen molar-refractivity contribution in [2.75, 3.05) is 11.2 Å². The molecular weight excluding hydrogens is 276 g/mol. The molecule has 0 saturated carbocycles. The molecule has 1 aromatic heterocycles. The number of anilines is 2. The molecule has 0 aliphatic carbocycles. The van der Waals surface area contributed by atoms with E-state index in [1.807, 2.05) is 0 Å². The maximum absolute atomic E-state index is 11.1. The Bertz CT molecular complexity index is 607. The van der Waals surface area contributed by atoms with Crippen LogP contribution in [0.5, 0.6) is 5.75 Å². The molecule has 0 atom stereocenters. The molecule has 0 aliphatic rings. The summed E-state index contributed by atoms with van der Waals surface area (Å²) >= 11 is 1.38. The molecule has 6 nitrogen and oxygen atoms in total. The van der Waals surface area contributed by atoms with E-state index in [4.69, 9.17) is 10.5 Å². The quantitative estimate of drug-likeness (QED) is 0.382. The second kappa shape index (κ2) is 6.67. The van der Waals surface area contributed by atoms with Gasteiger partial charge in [-0.2, -0.15) is 5.10 Å². The summed E-state index contributed by atoms with van der Waals surface area (Å²) in [7, 11) is 0. The molecule has 104 valence electrons. The van der Waals surface area contributed by atoms with Gasteiger partial charge in [-0.25, -0.2) is 4.98 Å². The average Bonchev–Trinajstić information content (AvgIpc) is 2.86. The number of esters is 1. The molecule has 7 heteroatoms. The molecular formula is C13H14N4O2S. The Morgan fingerprint density at radius 3 is 2.85 bits per heavy atom. The summed E-state index contributed by atoms with van der Waals surface area (Å²) in [4.78, 5) is 15.1. The van der Waals surface area contributed by atoms with E-state index < -0.39 is 0 Å². The van der Waals surface area contributed by atoms with Crippen LogP contribution >= 0.6 is 11.3 Å². The molecule has 2 rings (SSSR count). The normalized spacial score (nSPS) is 10.7. The first kappa shape index (κ1) is 14.0. The van der Waals surface area contributed by atoms with Crippen molar-refractivity contribution >= 4 is 34.5 Å². The average molecular weight is 290 g/mol. The van der Waals surface area contributed by atoms with Crippen LogP contribution in [0.2, 0.25) is 0 Å². The van der Waals surface area contributed by atoms with Crippen LogP contribution in [0, 0.1) is 0 Å². The van der Waals surface area contributed by atoms with Gasteiger partial charge in [-0.3, -0.25) is 10.2 Å². The third kappa shape index (κ3) is 4.06. The van der Waals surface area contributed by atoms with Gasteiger partial charge in [0.1, 0.15) is 11.6 Å². The third-order valence-corrected chi connectivity index (χ3v) is 3.06. The molecule has 0 spiro atoms. The molecule has 0 radical (unpaired) electrons. The van der Waals surface area contributed by atoms with Gasteiger partial charge in [0.25, 0.3) is 0 Å². The lowest BCUT2D eigenvalue weighted by molar-refractivity contribution is -0.134. The Morgan fingerprint density at radius 2 is 2.25 bits per heavy atom. The lowest BCUT2D eigenvalue weighted by Crippen LogP contribution is -2.05. The number of nitrogens with two attached hydrogens (primary N) is 1. The van der Waals surface area contributed by atoms with Gasteiger partial charge in [0.05, 0.1) is 6.21 Å².